The Hall–Kier alpha value is -1.57. The second-order valence-electron chi connectivity index (χ2n) is 7.59. The second-order valence-corrected chi connectivity index (χ2v) is 7.59. The molecule has 2 heteroatoms. The quantitative estimate of drug-likeness (QED) is 0.560. The third kappa shape index (κ3) is 2.96. The molecule has 3 rings (SSSR count). The first-order valence-electron chi connectivity index (χ1n) is 8.95. The van der Waals surface area contributed by atoms with Gasteiger partial charge in [0, 0.05) is 5.92 Å². The Morgan fingerprint density at radius 1 is 1.30 bits per heavy atom. The zero-order valence-corrected chi connectivity index (χ0v) is 14.3. The van der Waals surface area contributed by atoms with E-state index in [1.54, 1.807) is 0 Å². The van der Waals surface area contributed by atoms with Crippen LogP contribution in [0.1, 0.15) is 56.3 Å². The minimum Gasteiger partial charge on any atom is -0.458 e. The Morgan fingerprint density at radius 2 is 2.04 bits per heavy atom. The number of carbonyl (C=O) groups excluding carboxylic acids is 1. The summed E-state index contributed by atoms with van der Waals surface area (Å²) in [6, 6.07) is 9.37. The number of ether oxygens (including phenoxy) is 1. The maximum Gasteiger partial charge on any atom is 0.338 e. The second kappa shape index (κ2) is 6.51. The van der Waals surface area contributed by atoms with E-state index in [9.17, 15) is 4.79 Å². The molecular weight excluding hydrogens is 284 g/mol. The van der Waals surface area contributed by atoms with Crippen LogP contribution in [0.15, 0.2) is 43.0 Å². The summed E-state index contributed by atoms with van der Waals surface area (Å²) in [6.45, 7) is 8.69. The van der Waals surface area contributed by atoms with Gasteiger partial charge in [0.1, 0.15) is 6.10 Å². The van der Waals surface area contributed by atoms with Crippen LogP contribution in [-0.4, -0.2) is 12.1 Å². The van der Waals surface area contributed by atoms with Gasteiger partial charge in [-0.2, -0.15) is 0 Å². The molecule has 2 unspecified atom stereocenters. The number of fused-ring (bicyclic) bond motifs is 1. The molecule has 23 heavy (non-hydrogen) atoms. The predicted molar refractivity (Wildman–Crippen MR) is 93.2 cm³/mol. The van der Waals surface area contributed by atoms with Crippen LogP contribution in [0, 0.1) is 23.2 Å². The molecule has 0 heterocycles. The molecule has 0 saturated heterocycles. The predicted octanol–water partition coefficient (Wildman–Crippen LogP) is 5.25. The van der Waals surface area contributed by atoms with E-state index in [4.69, 9.17) is 4.74 Å². The lowest BCUT2D eigenvalue weighted by Gasteiger charge is -2.45. The van der Waals surface area contributed by atoms with E-state index in [2.05, 4.69) is 26.5 Å². The van der Waals surface area contributed by atoms with Gasteiger partial charge in [-0.25, -0.2) is 4.79 Å². The number of carbonyl (C=O) groups is 1. The van der Waals surface area contributed by atoms with E-state index in [0.29, 0.717) is 23.3 Å². The molecule has 0 bridgehead atoms. The number of benzene rings is 1. The lowest BCUT2D eigenvalue weighted by molar-refractivity contribution is -0.0444. The maximum absolute atomic E-state index is 12.4. The zero-order chi connectivity index (χ0) is 16.4. The van der Waals surface area contributed by atoms with Crippen molar-refractivity contribution in [3.63, 3.8) is 0 Å². The first-order chi connectivity index (χ1) is 11.1. The summed E-state index contributed by atoms with van der Waals surface area (Å²) in [5, 5.41) is 0. The number of hydrogen-bond acceptors (Lipinski definition) is 2. The van der Waals surface area contributed by atoms with E-state index >= 15 is 0 Å². The number of hydrogen-bond donors (Lipinski definition) is 0. The van der Waals surface area contributed by atoms with Gasteiger partial charge in [0.15, 0.2) is 0 Å². The lowest BCUT2D eigenvalue weighted by atomic mass is 9.62. The van der Waals surface area contributed by atoms with E-state index in [-0.39, 0.29) is 17.5 Å². The van der Waals surface area contributed by atoms with Gasteiger partial charge in [-0.3, -0.25) is 0 Å². The van der Waals surface area contributed by atoms with E-state index < -0.39 is 0 Å². The largest absolute Gasteiger partial charge is 0.458 e. The van der Waals surface area contributed by atoms with Gasteiger partial charge in [-0.05, 0) is 61.5 Å². The summed E-state index contributed by atoms with van der Waals surface area (Å²) in [6.07, 6.45) is 7.98. The first kappa shape index (κ1) is 16.3. The van der Waals surface area contributed by atoms with Crippen LogP contribution < -0.4 is 0 Å². The van der Waals surface area contributed by atoms with Crippen molar-refractivity contribution in [2.24, 2.45) is 23.2 Å². The summed E-state index contributed by atoms with van der Waals surface area (Å²) in [5.41, 5.74) is 0.946. The number of rotatable bonds is 4. The first-order valence-corrected chi connectivity index (χ1v) is 8.95. The van der Waals surface area contributed by atoms with Crippen molar-refractivity contribution in [2.45, 2.75) is 52.1 Å². The van der Waals surface area contributed by atoms with Gasteiger partial charge in [-0.1, -0.05) is 38.1 Å². The fraction of sp³-hybridized carbons (Fsp3) is 0.571. The van der Waals surface area contributed by atoms with Crippen LogP contribution in [0.5, 0.6) is 0 Å². The Balaban J connectivity index is 1.75. The van der Waals surface area contributed by atoms with Crippen LogP contribution in [0.3, 0.4) is 0 Å². The summed E-state index contributed by atoms with van der Waals surface area (Å²) in [7, 11) is 0. The number of esters is 1. The highest BCUT2D eigenvalue weighted by Crippen LogP contribution is 2.58. The monoisotopic (exact) mass is 312 g/mol. The molecule has 2 saturated carbocycles. The summed E-state index contributed by atoms with van der Waals surface area (Å²) >= 11 is 0. The van der Waals surface area contributed by atoms with Gasteiger partial charge >= 0.3 is 5.97 Å². The van der Waals surface area contributed by atoms with Gasteiger partial charge in [0.05, 0.1) is 5.56 Å². The van der Waals surface area contributed by atoms with Gasteiger partial charge in [-0.15, -0.1) is 6.58 Å². The smallest absolute Gasteiger partial charge is 0.338 e. The van der Waals surface area contributed by atoms with Crippen LogP contribution in [0.4, 0.5) is 0 Å². The minimum atomic E-state index is -0.167. The maximum atomic E-state index is 12.4. The van der Waals surface area contributed by atoms with Crippen LogP contribution in [-0.2, 0) is 4.74 Å². The molecule has 0 aromatic heterocycles. The summed E-state index contributed by atoms with van der Waals surface area (Å²) in [5.74, 6) is 1.54. The summed E-state index contributed by atoms with van der Waals surface area (Å²) in [4.78, 5) is 12.4. The fourth-order valence-electron chi connectivity index (χ4n) is 5.11. The molecule has 0 radical (unpaired) electrons. The highest BCUT2D eigenvalue weighted by atomic mass is 16.5. The molecule has 0 spiro atoms. The molecule has 5 atom stereocenters. The highest BCUT2D eigenvalue weighted by Gasteiger charge is 2.53. The fourth-order valence-corrected chi connectivity index (χ4v) is 5.11. The molecule has 0 N–H and O–H groups in total. The molecule has 124 valence electrons. The molecule has 2 nitrogen and oxygen atoms in total. The van der Waals surface area contributed by atoms with Crippen molar-refractivity contribution in [3.8, 4) is 0 Å². The Kier molecular flexibility index (Phi) is 4.61. The minimum absolute atomic E-state index is 0.0727. The lowest BCUT2D eigenvalue weighted by Crippen LogP contribution is -2.43. The van der Waals surface area contributed by atoms with E-state index in [0.717, 1.165) is 12.8 Å². The van der Waals surface area contributed by atoms with E-state index in [1.165, 1.54) is 19.3 Å². The SMILES string of the molecule is C=C[C@@H](C)C1CCC2[C@@H](OC(=O)c3ccccc3)CCC[C@]12C. The third-order valence-electron chi connectivity index (χ3n) is 6.41. The molecule has 0 amide bonds. The van der Waals surface area contributed by atoms with Crippen molar-refractivity contribution < 1.29 is 9.53 Å². The van der Waals surface area contributed by atoms with Crippen molar-refractivity contribution >= 4 is 5.97 Å². The van der Waals surface area contributed by atoms with Crippen molar-refractivity contribution in [1.29, 1.82) is 0 Å². The summed E-state index contributed by atoms with van der Waals surface area (Å²) < 4.78 is 5.95. The molecule has 1 aromatic rings. The molecule has 1 aromatic carbocycles. The van der Waals surface area contributed by atoms with Crippen LogP contribution in [0.2, 0.25) is 0 Å². The van der Waals surface area contributed by atoms with Crippen LogP contribution >= 0.6 is 0 Å². The molecule has 2 fully saturated rings. The Morgan fingerprint density at radius 3 is 2.74 bits per heavy atom. The molecule has 0 aliphatic heterocycles. The standard InChI is InChI=1S/C21H28O2/c1-4-15(2)17-12-13-18-19(11-8-14-21(17,18)3)23-20(22)16-9-6-5-7-10-16/h4-7,9-10,15,17-19H,1,8,11-14H2,2-3H3/t15-,17?,18?,19+,21-/m1/s1. The van der Waals surface area contributed by atoms with Gasteiger partial charge in [0.2, 0.25) is 0 Å². The molecular formula is C21H28O2. The van der Waals surface area contributed by atoms with Gasteiger partial charge < -0.3 is 4.74 Å². The zero-order valence-electron chi connectivity index (χ0n) is 14.3. The highest BCUT2D eigenvalue weighted by molar-refractivity contribution is 5.89. The molecule has 2 aliphatic rings. The Bertz CT molecular complexity index is 564. The van der Waals surface area contributed by atoms with Crippen molar-refractivity contribution in [3.05, 3.63) is 48.6 Å². The normalized spacial score (nSPS) is 34.4. The average molecular weight is 312 g/mol. The van der Waals surface area contributed by atoms with Crippen molar-refractivity contribution in [1.82, 2.24) is 0 Å². The molecule has 2 aliphatic carbocycles. The van der Waals surface area contributed by atoms with Crippen molar-refractivity contribution in [2.75, 3.05) is 0 Å². The number of allylic oxidation sites excluding steroid dienone is 1. The average Bonchev–Trinajstić information content (AvgIpc) is 2.93. The van der Waals surface area contributed by atoms with E-state index in [1.807, 2.05) is 30.3 Å². The van der Waals surface area contributed by atoms with Crippen LogP contribution in [0.25, 0.3) is 0 Å². The topological polar surface area (TPSA) is 26.3 Å². The van der Waals surface area contributed by atoms with Gasteiger partial charge in [0.25, 0.3) is 0 Å². The third-order valence-corrected chi connectivity index (χ3v) is 6.41. The Labute approximate surface area is 139 Å².